The summed E-state index contributed by atoms with van der Waals surface area (Å²) in [5.74, 6) is -0.895. The number of likely N-dealkylation sites (N-methyl/N-ethyl adjacent to an activating group) is 1. The summed E-state index contributed by atoms with van der Waals surface area (Å²) in [4.78, 5) is 35.4. The molecule has 2 atom stereocenters. The molecule has 0 aliphatic heterocycles. The van der Waals surface area contributed by atoms with Crippen molar-refractivity contribution in [2.45, 2.75) is 193 Å². The van der Waals surface area contributed by atoms with Crippen LogP contribution in [0.1, 0.15) is 187 Å². The normalized spacial score (nSPS) is 14.1. The van der Waals surface area contributed by atoms with E-state index in [1.54, 1.807) is 0 Å². The zero-order valence-electron chi connectivity index (χ0n) is 39.6. The van der Waals surface area contributed by atoms with Crippen molar-refractivity contribution >= 4 is 19.8 Å². The number of carbonyl (C=O) groups excluding carboxylic acids is 2. The highest BCUT2D eigenvalue weighted by atomic mass is 31.2. The SMILES string of the molecule is CC/C=C/C/C=C/C/C=C/C/C=C/C/C=C/C/C=C/CCC(=O)O[C@H](COC(=O)CCCCCCCCCCCCCCCCCCCC)COP(=O)(O)OCC[N+](C)(C)C. The summed E-state index contributed by atoms with van der Waals surface area (Å²) in [5, 5.41) is 0. The van der Waals surface area contributed by atoms with E-state index in [0.717, 1.165) is 57.8 Å². The Morgan fingerprint density at radius 2 is 0.934 bits per heavy atom. The Hall–Kier alpha value is -2.55. The van der Waals surface area contributed by atoms with Gasteiger partial charge < -0.3 is 18.9 Å². The molecule has 0 aromatic carbocycles. The van der Waals surface area contributed by atoms with Crippen LogP contribution in [0.2, 0.25) is 0 Å². The zero-order valence-corrected chi connectivity index (χ0v) is 40.5. The van der Waals surface area contributed by atoms with Gasteiger partial charge in [0.15, 0.2) is 6.10 Å². The van der Waals surface area contributed by atoms with Crippen LogP contribution < -0.4 is 0 Å². The van der Waals surface area contributed by atoms with E-state index in [1.807, 2.05) is 33.3 Å². The fraction of sp³-hybridized carbons (Fsp3) is 0.725. The van der Waals surface area contributed by atoms with Crippen LogP contribution in [0.25, 0.3) is 0 Å². The number of hydrogen-bond acceptors (Lipinski definition) is 7. The third kappa shape index (κ3) is 46.8. The minimum atomic E-state index is -4.40. The Bertz CT molecular complexity index is 1270. The van der Waals surface area contributed by atoms with Crippen LogP contribution in [-0.2, 0) is 32.7 Å². The molecule has 0 heterocycles. The number of hydrogen-bond donors (Lipinski definition) is 1. The molecule has 0 amide bonds. The van der Waals surface area contributed by atoms with Crippen LogP contribution in [0.3, 0.4) is 0 Å². The molecule has 0 aliphatic rings. The van der Waals surface area contributed by atoms with Gasteiger partial charge in [-0.05, 0) is 51.4 Å². The predicted molar refractivity (Wildman–Crippen MR) is 256 cm³/mol. The molecule has 0 bridgehead atoms. The number of phosphoric ester groups is 1. The van der Waals surface area contributed by atoms with Crippen LogP contribution in [0.5, 0.6) is 0 Å². The van der Waals surface area contributed by atoms with E-state index in [1.165, 1.54) is 96.3 Å². The van der Waals surface area contributed by atoms with Gasteiger partial charge >= 0.3 is 19.8 Å². The molecule has 0 saturated carbocycles. The molecule has 9 nitrogen and oxygen atoms in total. The number of nitrogens with zero attached hydrogens (tertiary/aromatic N) is 1. The Morgan fingerprint density at radius 1 is 0.525 bits per heavy atom. The highest BCUT2D eigenvalue weighted by Crippen LogP contribution is 2.43. The minimum absolute atomic E-state index is 0.0159. The lowest BCUT2D eigenvalue weighted by Gasteiger charge is -2.24. The molecule has 0 aliphatic carbocycles. The number of allylic oxidation sites excluding steroid dienone is 12. The van der Waals surface area contributed by atoms with Gasteiger partial charge in [0.2, 0.25) is 0 Å². The lowest BCUT2D eigenvalue weighted by Crippen LogP contribution is -2.37. The highest BCUT2D eigenvalue weighted by molar-refractivity contribution is 7.47. The monoisotopic (exact) mass is 877 g/mol. The summed E-state index contributed by atoms with van der Waals surface area (Å²) in [5.41, 5.74) is 0. The van der Waals surface area contributed by atoms with E-state index in [4.69, 9.17) is 18.5 Å². The maximum Gasteiger partial charge on any atom is 0.472 e. The Morgan fingerprint density at radius 3 is 1.36 bits per heavy atom. The van der Waals surface area contributed by atoms with Crippen LogP contribution in [0.15, 0.2) is 72.9 Å². The average molecular weight is 877 g/mol. The van der Waals surface area contributed by atoms with Gasteiger partial charge in [0.05, 0.1) is 27.7 Å². The third-order valence-corrected chi connectivity index (χ3v) is 11.0. The van der Waals surface area contributed by atoms with E-state index < -0.39 is 26.5 Å². The van der Waals surface area contributed by atoms with Gasteiger partial charge in [0.25, 0.3) is 0 Å². The second-order valence-electron chi connectivity index (χ2n) is 17.1. The van der Waals surface area contributed by atoms with Gasteiger partial charge in [-0.1, -0.05) is 196 Å². The Labute approximate surface area is 374 Å². The van der Waals surface area contributed by atoms with E-state index in [2.05, 4.69) is 74.6 Å². The van der Waals surface area contributed by atoms with Crippen LogP contribution >= 0.6 is 7.82 Å². The quantitative estimate of drug-likeness (QED) is 0.0212. The van der Waals surface area contributed by atoms with E-state index in [9.17, 15) is 19.0 Å². The molecule has 0 saturated heterocycles. The van der Waals surface area contributed by atoms with Crippen molar-refractivity contribution in [1.29, 1.82) is 0 Å². The Kier molecular flexibility index (Phi) is 40.9. The highest BCUT2D eigenvalue weighted by Gasteiger charge is 2.27. The topological polar surface area (TPSA) is 108 Å². The molecule has 0 fully saturated rings. The summed E-state index contributed by atoms with van der Waals surface area (Å²) < 4.78 is 34.3. The van der Waals surface area contributed by atoms with Gasteiger partial charge in [-0.25, -0.2) is 4.57 Å². The van der Waals surface area contributed by atoms with Crippen molar-refractivity contribution in [3.63, 3.8) is 0 Å². The van der Waals surface area contributed by atoms with E-state index >= 15 is 0 Å². The minimum Gasteiger partial charge on any atom is -0.462 e. The number of esters is 2. The van der Waals surface area contributed by atoms with E-state index in [-0.39, 0.29) is 32.0 Å². The van der Waals surface area contributed by atoms with Gasteiger partial charge in [-0.2, -0.15) is 0 Å². The lowest BCUT2D eigenvalue weighted by atomic mass is 10.0. The molecule has 0 aromatic heterocycles. The molecule has 0 spiro atoms. The van der Waals surface area contributed by atoms with Crippen molar-refractivity contribution in [1.82, 2.24) is 0 Å². The number of unbranched alkanes of at least 4 members (excludes halogenated alkanes) is 17. The molecule has 61 heavy (non-hydrogen) atoms. The van der Waals surface area contributed by atoms with Gasteiger partial charge in [0, 0.05) is 12.8 Å². The first kappa shape index (κ1) is 58.5. The molecular weight excluding hydrogens is 786 g/mol. The van der Waals surface area contributed by atoms with Gasteiger partial charge in [-0.3, -0.25) is 18.6 Å². The van der Waals surface area contributed by atoms with Crippen molar-refractivity contribution in [2.24, 2.45) is 0 Å². The summed E-state index contributed by atoms with van der Waals surface area (Å²) in [6.07, 6.45) is 54.0. The standard InChI is InChI=1S/C51H90NO8P/c1-6-8-10-12-14-16-18-20-22-24-26-28-30-32-34-36-38-40-42-44-51(54)60-49(48-59-61(55,56)58-46-45-52(3,4)5)47-57-50(53)43-41-39-37-35-33-31-29-27-25-23-21-19-17-15-13-11-9-7-2/h8,10,14,16,20,22,26,28,32,34,38,40,49H,6-7,9,11-13,15,17-19,21,23-25,27,29-31,33,35-37,39,41-48H2,1-5H3/p+1/b10-8+,16-14+,22-20+,28-26+,34-32+,40-38+/t49-/m1/s1. The molecule has 1 N–H and O–H groups in total. The lowest BCUT2D eigenvalue weighted by molar-refractivity contribution is -0.870. The second-order valence-corrected chi connectivity index (χ2v) is 18.6. The molecule has 10 heteroatoms. The van der Waals surface area contributed by atoms with Gasteiger partial charge in [-0.15, -0.1) is 0 Å². The number of carbonyl (C=O) groups is 2. The summed E-state index contributed by atoms with van der Waals surface area (Å²) in [6.45, 7) is 4.23. The molecule has 352 valence electrons. The maximum absolute atomic E-state index is 12.7. The maximum atomic E-state index is 12.7. The first-order valence-electron chi connectivity index (χ1n) is 24.2. The number of ether oxygens (including phenoxy) is 2. The third-order valence-electron chi connectivity index (χ3n) is 10.0. The smallest absolute Gasteiger partial charge is 0.462 e. The average Bonchev–Trinajstić information content (AvgIpc) is 3.21. The molecular formula is C51H91NO8P+. The fourth-order valence-electron chi connectivity index (χ4n) is 6.28. The summed E-state index contributed by atoms with van der Waals surface area (Å²) in [7, 11) is 1.43. The van der Waals surface area contributed by atoms with Crippen LogP contribution in [0.4, 0.5) is 0 Å². The predicted octanol–water partition coefficient (Wildman–Crippen LogP) is 14.2. The van der Waals surface area contributed by atoms with Crippen molar-refractivity contribution in [3.05, 3.63) is 72.9 Å². The molecule has 1 unspecified atom stereocenters. The van der Waals surface area contributed by atoms with Crippen molar-refractivity contribution in [3.8, 4) is 0 Å². The van der Waals surface area contributed by atoms with Crippen LogP contribution in [-0.4, -0.2) is 74.9 Å². The summed E-state index contributed by atoms with van der Waals surface area (Å²) in [6, 6.07) is 0. The van der Waals surface area contributed by atoms with Crippen molar-refractivity contribution < 1.29 is 42.1 Å². The number of rotatable bonds is 43. The van der Waals surface area contributed by atoms with Gasteiger partial charge in [0.1, 0.15) is 19.8 Å². The summed E-state index contributed by atoms with van der Waals surface area (Å²) >= 11 is 0. The van der Waals surface area contributed by atoms with Crippen LogP contribution in [0, 0.1) is 0 Å². The first-order valence-corrected chi connectivity index (χ1v) is 25.7. The number of quaternary nitrogens is 1. The number of phosphoric acid groups is 1. The molecule has 0 aromatic rings. The molecule has 0 radical (unpaired) electrons. The zero-order chi connectivity index (χ0) is 45.0. The first-order chi connectivity index (χ1) is 29.5. The fourth-order valence-corrected chi connectivity index (χ4v) is 7.02. The molecule has 0 rings (SSSR count). The van der Waals surface area contributed by atoms with E-state index in [0.29, 0.717) is 17.4 Å². The van der Waals surface area contributed by atoms with Crippen molar-refractivity contribution in [2.75, 3.05) is 47.5 Å². The second kappa shape index (κ2) is 42.7. The largest absolute Gasteiger partial charge is 0.472 e. The Balaban J connectivity index is 4.41.